The zero-order valence-corrected chi connectivity index (χ0v) is 42.7. The number of thioether (sulfide) groups is 1. The molecule has 4 atom stereocenters. The van der Waals surface area contributed by atoms with Gasteiger partial charge in [0.05, 0.1) is 36.4 Å². The summed E-state index contributed by atoms with van der Waals surface area (Å²) in [5.41, 5.74) is 2.37. The number of piperidine rings is 2. The van der Waals surface area contributed by atoms with Crippen molar-refractivity contribution in [1.29, 1.82) is 0 Å². The van der Waals surface area contributed by atoms with Crippen molar-refractivity contribution >= 4 is 76.6 Å². The molecule has 0 radical (unpaired) electrons. The van der Waals surface area contributed by atoms with Crippen LogP contribution in [0.2, 0.25) is 0 Å². The summed E-state index contributed by atoms with van der Waals surface area (Å²) in [7, 11) is -2.01. The summed E-state index contributed by atoms with van der Waals surface area (Å²) in [5.74, 6) is 3.03. The number of thiol groups is 1. The predicted molar refractivity (Wildman–Crippen MR) is 245 cm³/mol. The molecular formula is C42H64N10NaO4S4-. The van der Waals surface area contributed by atoms with Gasteiger partial charge in [0, 0.05) is 69.2 Å². The van der Waals surface area contributed by atoms with E-state index in [1.165, 1.54) is 25.7 Å². The Bertz CT molecular complexity index is 2100. The minimum Gasteiger partial charge on any atom is -0.813 e. The summed E-state index contributed by atoms with van der Waals surface area (Å²) in [4.78, 5) is 40.5. The maximum absolute atomic E-state index is 12.7. The monoisotopic (exact) mass is 923 g/mol. The summed E-state index contributed by atoms with van der Waals surface area (Å²) in [5, 5.41) is 0. The summed E-state index contributed by atoms with van der Waals surface area (Å²) in [6, 6.07) is 3.78. The predicted octanol–water partition coefficient (Wildman–Crippen LogP) is 3.29. The van der Waals surface area contributed by atoms with E-state index >= 15 is 0 Å². The molecule has 332 valence electrons. The number of hydrogen-bond donors (Lipinski definition) is 2. The van der Waals surface area contributed by atoms with E-state index in [-0.39, 0.29) is 69.5 Å². The Hall–Kier alpha value is -1.86. The van der Waals surface area contributed by atoms with E-state index in [9.17, 15) is 8.42 Å². The molecule has 4 aliphatic rings. The minimum atomic E-state index is -1.01. The van der Waals surface area contributed by atoms with Crippen LogP contribution < -0.4 is 48.8 Å². The van der Waals surface area contributed by atoms with E-state index in [0.717, 1.165) is 105 Å². The Kier molecular flexibility index (Phi) is 19.0. The summed E-state index contributed by atoms with van der Waals surface area (Å²) in [6.07, 6.45) is 24.4. The quantitative estimate of drug-likeness (QED) is 0.0832. The number of aromatic nitrogens is 6. The van der Waals surface area contributed by atoms with Crippen LogP contribution in [0.5, 0.6) is 0 Å². The number of carbonyl (C=O) groups excluding carboxylic acids is 2. The Morgan fingerprint density at radius 1 is 0.770 bits per heavy atom. The Balaban J connectivity index is 0.000000247. The minimum absolute atomic E-state index is 0. The molecule has 14 nitrogen and oxygen atoms in total. The third kappa shape index (κ3) is 12.1. The summed E-state index contributed by atoms with van der Waals surface area (Å²) < 4.78 is 36.0. The molecule has 4 aromatic rings. The van der Waals surface area contributed by atoms with Gasteiger partial charge < -0.3 is 33.8 Å². The van der Waals surface area contributed by atoms with Gasteiger partial charge in [-0.1, -0.05) is 19.8 Å². The molecule has 19 heteroatoms. The van der Waals surface area contributed by atoms with Crippen molar-refractivity contribution in [3.05, 3.63) is 43.2 Å². The molecule has 6 heterocycles. The van der Waals surface area contributed by atoms with Gasteiger partial charge in [0.15, 0.2) is 5.65 Å². The zero-order valence-electron chi connectivity index (χ0n) is 37.3. The van der Waals surface area contributed by atoms with E-state index < -0.39 is 22.0 Å². The fourth-order valence-electron chi connectivity index (χ4n) is 9.20. The molecule has 4 aromatic heterocycles. The Morgan fingerprint density at radius 3 is 1.74 bits per heavy atom. The first-order chi connectivity index (χ1) is 28.1. The van der Waals surface area contributed by atoms with Gasteiger partial charge >= 0.3 is 35.7 Å². The number of anilines is 2. The summed E-state index contributed by atoms with van der Waals surface area (Å²) >= 11 is 1.83. The van der Waals surface area contributed by atoms with Crippen LogP contribution in [0.15, 0.2) is 42.1 Å². The maximum Gasteiger partial charge on any atom is 1.00 e. The standard InChI is InChI=1S/C22H35N5OS2.C19H28N5OS.CO2.Na.H2S/c1-5-15-29-17-16-24-20(27-14-11-23-19(17)27)26-12-9-22(10-13-26)8-6-7-18(22)25-30(28)21(2,3)4;1-18(2,3)26(25)22-15-5-4-7-19(15)8-12-23(13-9-19)17-21-10-6-16-20-11-14-24(16)17;2-1-3;;/h11,14,16,18,25H,5-10,12-13,15H2,1-4H3;10-11,14-15,22H,4-5,7-9,12-13H2,1-3H3;;;1H2/q;-1;;+1;/p-1/t18-,30-;15-,26-;;;/m11.../s1. The first-order valence-corrected chi connectivity index (χ1v) is 24.4. The molecule has 2 spiro atoms. The second-order valence-electron chi connectivity index (χ2n) is 18.4. The van der Waals surface area contributed by atoms with Gasteiger partial charge in [-0.2, -0.15) is 9.59 Å². The van der Waals surface area contributed by atoms with Crippen molar-refractivity contribution in [2.45, 2.75) is 146 Å². The maximum atomic E-state index is 12.7. The van der Waals surface area contributed by atoms with Crippen LogP contribution in [0.25, 0.3) is 11.3 Å². The van der Waals surface area contributed by atoms with Crippen LogP contribution in [-0.2, 0) is 45.1 Å². The average Bonchev–Trinajstić information content (AvgIpc) is 4.03. The van der Waals surface area contributed by atoms with Crippen LogP contribution >= 0.6 is 11.8 Å². The number of nitrogens with zero attached hydrogens (tertiary/aromatic N) is 8. The number of rotatable bonds is 9. The van der Waals surface area contributed by atoms with Crippen LogP contribution in [-0.4, -0.2) is 96.8 Å². The van der Waals surface area contributed by atoms with Gasteiger partial charge in [0.1, 0.15) is 0 Å². The van der Waals surface area contributed by atoms with Gasteiger partial charge in [-0.25, -0.2) is 27.8 Å². The van der Waals surface area contributed by atoms with E-state index in [1.807, 2.05) is 82.5 Å². The fraction of sp³-hybridized carbons (Fsp3) is 0.690. The van der Waals surface area contributed by atoms with Crippen LogP contribution in [0.4, 0.5) is 11.9 Å². The van der Waals surface area contributed by atoms with Gasteiger partial charge in [-0.3, -0.25) is 14.4 Å². The van der Waals surface area contributed by atoms with E-state index in [0.29, 0.717) is 12.1 Å². The fourth-order valence-corrected chi connectivity index (χ4v) is 12.0. The van der Waals surface area contributed by atoms with E-state index in [4.69, 9.17) is 14.6 Å². The zero-order chi connectivity index (χ0) is 42.4. The van der Waals surface area contributed by atoms with Crippen molar-refractivity contribution in [1.82, 2.24) is 38.2 Å². The van der Waals surface area contributed by atoms with Gasteiger partial charge in [-0.05, 0) is 122 Å². The molecule has 0 aromatic carbocycles. The molecule has 2 aliphatic carbocycles. The van der Waals surface area contributed by atoms with Gasteiger partial charge in [0.25, 0.3) is 0 Å². The molecular weight excluding hydrogens is 860 g/mol. The first-order valence-electron chi connectivity index (χ1n) is 21.1. The molecule has 0 unspecified atom stereocenters. The summed E-state index contributed by atoms with van der Waals surface area (Å²) in [6.45, 7) is 18.4. The molecule has 2 N–H and O–H groups in total. The second-order valence-corrected chi connectivity index (χ2v) is 23.5. The molecule has 2 aliphatic heterocycles. The van der Waals surface area contributed by atoms with Crippen molar-refractivity contribution in [2.75, 3.05) is 41.7 Å². The largest absolute Gasteiger partial charge is 1.00 e. The molecule has 4 fully saturated rings. The SMILES string of the molecule is CC(C)(C)[S@@](=O)N[C@@H]1CCCC12CCN(c1nc[c-]c3nccn13)CC2.CCCSc1cnc(N2CCC3(CCC[C@H]3N[S@](=O)C(C)(C)C)CC2)n2ccnc12.O=C=O.[Na+].[SH-]. The van der Waals surface area contributed by atoms with Gasteiger partial charge in [-0.15, -0.1) is 18.0 Å². The molecule has 0 amide bonds. The number of hydrogen-bond acceptors (Lipinski definition) is 12. The van der Waals surface area contributed by atoms with Crippen LogP contribution in [0.3, 0.4) is 0 Å². The van der Waals surface area contributed by atoms with Gasteiger partial charge in [0.2, 0.25) is 11.9 Å². The molecule has 2 saturated carbocycles. The second kappa shape index (κ2) is 22.4. The number of imidazole rings is 2. The van der Waals surface area contributed by atoms with Crippen LogP contribution in [0.1, 0.15) is 119 Å². The van der Waals surface area contributed by atoms with E-state index in [2.05, 4.69) is 51.6 Å². The third-order valence-electron chi connectivity index (χ3n) is 12.6. The van der Waals surface area contributed by atoms with Crippen molar-refractivity contribution < 1.29 is 47.6 Å². The first kappa shape index (κ1) is 51.8. The number of fused-ring (bicyclic) bond motifs is 2. The Morgan fingerprint density at radius 2 is 1.25 bits per heavy atom. The van der Waals surface area contributed by atoms with Crippen molar-refractivity contribution in [3.8, 4) is 0 Å². The van der Waals surface area contributed by atoms with Crippen molar-refractivity contribution in [2.24, 2.45) is 10.8 Å². The molecule has 0 bridgehead atoms. The topological polar surface area (TPSA) is 159 Å². The Labute approximate surface area is 400 Å². The molecule has 61 heavy (non-hydrogen) atoms. The smallest absolute Gasteiger partial charge is 0.813 e. The molecule has 8 rings (SSSR count). The number of nitrogens with one attached hydrogen (secondary N) is 2. The normalized spacial score (nSPS) is 21.8. The third-order valence-corrected chi connectivity index (χ3v) is 17.0. The average molecular weight is 924 g/mol. The molecule has 2 saturated heterocycles. The van der Waals surface area contributed by atoms with E-state index in [1.54, 1.807) is 12.4 Å². The van der Waals surface area contributed by atoms with Crippen molar-refractivity contribution in [3.63, 3.8) is 0 Å². The van der Waals surface area contributed by atoms with Crippen LogP contribution in [0, 0.1) is 16.9 Å².